The third-order valence-electron chi connectivity index (χ3n) is 6.23. The zero-order chi connectivity index (χ0) is 27.7. The van der Waals surface area contributed by atoms with Crippen molar-refractivity contribution in [2.45, 2.75) is 32.3 Å². The average Bonchev–Trinajstić information content (AvgIpc) is 3.49. The lowest BCUT2D eigenvalue weighted by molar-refractivity contribution is -0.389. The number of ether oxygens (including phenoxy) is 3. The third-order valence-corrected chi connectivity index (χ3v) is 6.23. The fraction of sp³-hybridized carbons (Fsp3) is 0.320. The Morgan fingerprint density at radius 1 is 1.23 bits per heavy atom. The molecule has 2 atom stereocenters. The molecule has 1 aromatic heterocycles. The molecule has 14 heteroatoms. The monoisotopic (exact) mass is 543 g/mol. The fourth-order valence-corrected chi connectivity index (χ4v) is 4.33. The van der Waals surface area contributed by atoms with E-state index in [0.717, 1.165) is 22.6 Å². The summed E-state index contributed by atoms with van der Waals surface area (Å²) in [6.07, 6.45) is -0.483. The van der Waals surface area contributed by atoms with Crippen LogP contribution in [0.15, 0.2) is 42.6 Å². The molecule has 0 radical (unpaired) electrons. The zero-order valence-electron chi connectivity index (χ0n) is 20.6. The molecule has 0 bridgehead atoms. The van der Waals surface area contributed by atoms with Gasteiger partial charge < -0.3 is 29.6 Å². The minimum absolute atomic E-state index is 0.00942. The summed E-state index contributed by atoms with van der Waals surface area (Å²) in [7, 11) is 0. The summed E-state index contributed by atoms with van der Waals surface area (Å²) in [5.41, 5.74) is 0.798. The van der Waals surface area contributed by atoms with Crippen molar-refractivity contribution in [1.82, 2.24) is 14.9 Å². The number of rotatable bonds is 8. The maximum atomic E-state index is 15.0. The lowest BCUT2D eigenvalue weighted by Gasteiger charge is -2.22. The van der Waals surface area contributed by atoms with Crippen LogP contribution in [0.5, 0.6) is 6.01 Å². The quantitative estimate of drug-likeness (QED) is 0.338. The Kier molecular flexibility index (Phi) is 7.11. The molecule has 2 amide bonds. The van der Waals surface area contributed by atoms with Crippen LogP contribution in [-0.2, 0) is 27.4 Å². The second kappa shape index (κ2) is 10.6. The maximum Gasteiger partial charge on any atom is 0.414 e. The standard InChI is InChI=1S/C25H23F2N5O7/c1-14(33)28-8-18-10-31(25(34)39-18)17-6-20(26)23(21(27)7-17)16-4-2-15(3-5-16)12-37-19-9-30-11-22(32(35)36)29-24(30)38-13-19/h2-7,11,18-19H,8-10,12-13H2,1H3,(H,28,33). The lowest BCUT2D eigenvalue weighted by Crippen LogP contribution is -2.33. The minimum Gasteiger partial charge on any atom is -0.443 e. The number of nitrogens with one attached hydrogen (secondary N) is 1. The van der Waals surface area contributed by atoms with Gasteiger partial charge >= 0.3 is 17.9 Å². The van der Waals surface area contributed by atoms with Crippen LogP contribution in [0.1, 0.15) is 12.5 Å². The average molecular weight is 543 g/mol. The van der Waals surface area contributed by atoms with E-state index >= 15 is 8.78 Å². The summed E-state index contributed by atoms with van der Waals surface area (Å²) in [6.45, 7) is 2.15. The van der Waals surface area contributed by atoms with E-state index in [1.165, 1.54) is 17.7 Å². The predicted molar refractivity (Wildman–Crippen MR) is 131 cm³/mol. The highest BCUT2D eigenvalue weighted by molar-refractivity contribution is 5.90. The van der Waals surface area contributed by atoms with Gasteiger partial charge in [-0.15, -0.1) is 0 Å². The minimum atomic E-state index is -0.850. The van der Waals surface area contributed by atoms with E-state index in [-0.39, 0.29) is 61.4 Å². The molecule has 1 fully saturated rings. The van der Waals surface area contributed by atoms with Crippen LogP contribution in [0.25, 0.3) is 11.1 Å². The molecule has 0 spiro atoms. The Hall–Kier alpha value is -4.59. The van der Waals surface area contributed by atoms with Gasteiger partial charge in [0.15, 0.2) is 0 Å². The molecule has 0 saturated carbocycles. The number of aromatic nitrogens is 2. The molecule has 204 valence electrons. The van der Waals surface area contributed by atoms with Crippen LogP contribution >= 0.6 is 0 Å². The van der Waals surface area contributed by atoms with Gasteiger partial charge in [-0.05, 0) is 28.2 Å². The number of nitrogens with zero attached hydrogens (tertiary/aromatic N) is 4. The van der Waals surface area contributed by atoms with Gasteiger partial charge in [0.2, 0.25) is 5.91 Å². The molecule has 0 aliphatic carbocycles. The van der Waals surface area contributed by atoms with Crippen LogP contribution in [0.3, 0.4) is 0 Å². The zero-order valence-corrected chi connectivity index (χ0v) is 20.6. The number of carbonyl (C=O) groups excluding carboxylic acids is 2. The molecule has 2 aliphatic rings. The molecule has 12 nitrogen and oxygen atoms in total. The highest BCUT2D eigenvalue weighted by Gasteiger charge is 2.33. The molecule has 5 rings (SSSR count). The Morgan fingerprint density at radius 3 is 2.62 bits per heavy atom. The highest BCUT2D eigenvalue weighted by Crippen LogP contribution is 2.32. The third kappa shape index (κ3) is 5.65. The first kappa shape index (κ1) is 26.0. The number of benzene rings is 2. The van der Waals surface area contributed by atoms with Gasteiger partial charge in [0.1, 0.15) is 36.6 Å². The fourth-order valence-electron chi connectivity index (χ4n) is 4.33. The maximum absolute atomic E-state index is 15.0. The van der Waals surface area contributed by atoms with Crippen LogP contribution in [-0.4, -0.2) is 58.4 Å². The van der Waals surface area contributed by atoms with E-state index in [0.29, 0.717) is 12.1 Å². The topological polar surface area (TPSA) is 138 Å². The van der Waals surface area contributed by atoms with Gasteiger partial charge in [-0.25, -0.2) is 13.6 Å². The van der Waals surface area contributed by atoms with Crippen LogP contribution < -0.4 is 15.0 Å². The first-order valence-electron chi connectivity index (χ1n) is 11.9. The summed E-state index contributed by atoms with van der Waals surface area (Å²) in [5, 5.41) is 13.4. The van der Waals surface area contributed by atoms with Crippen molar-refractivity contribution < 1.29 is 37.5 Å². The van der Waals surface area contributed by atoms with Gasteiger partial charge in [-0.1, -0.05) is 24.3 Å². The van der Waals surface area contributed by atoms with E-state index in [4.69, 9.17) is 14.2 Å². The predicted octanol–water partition coefficient (Wildman–Crippen LogP) is 3.18. The molecule has 1 saturated heterocycles. The summed E-state index contributed by atoms with van der Waals surface area (Å²) in [4.78, 5) is 38.5. The van der Waals surface area contributed by atoms with Gasteiger partial charge in [-0.2, -0.15) is 0 Å². The molecule has 2 unspecified atom stereocenters. The SMILES string of the molecule is CC(=O)NCC1CN(c2cc(F)c(-c3ccc(COC4COc5nc([N+](=O)[O-])cn5C4)cc3)c(F)c2)C(=O)O1. The second-order valence-electron chi connectivity index (χ2n) is 9.07. The highest BCUT2D eigenvalue weighted by atomic mass is 19.1. The van der Waals surface area contributed by atoms with Crippen molar-refractivity contribution in [3.05, 3.63) is 69.9 Å². The Morgan fingerprint density at radius 2 is 1.95 bits per heavy atom. The molecule has 3 aromatic rings. The van der Waals surface area contributed by atoms with Crippen LogP contribution in [0.4, 0.5) is 25.1 Å². The van der Waals surface area contributed by atoms with Crippen molar-refractivity contribution in [3.8, 4) is 17.1 Å². The largest absolute Gasteiger partial charge is 0.443 e. The van der Waals surface area contributed by atoms with Gasteiger partial charge in [0, 0.05) is 11.9 Å². The van der Waals surface area contributed by atoms with Gasteiger partial charge in [0.25, 0.3) is 0 Å². The molecule has 2 aromatic carbocycles. The molecule has 3 heterocycles. The number of cyclic esters (lactones) is 1. The van der Waals surface area contributed by atoms with Crippen molar-refractivity contribution in [2.75, 3.05) is 24.6 Å². The Bertz CT molecular complexity index is 1410. The first-order valence-corrected chi connectivity index (χ1v) is 11.9. The van der Waals surface area contributed by atoms with Crippen molar-refractivity contribution in [3.63, 3.8) is 0 Å². The molecule has 2 aliphatic heterocycles. The first-order chi connectivity index (χ1) is 18.7. The second-order valence-corrected chi connectivity index (χ2v) is 9.07. The number of carbonyl (C=O) groups is 2. The smallest absolute Gasteiger partial charge is 0.414 e. The summed E-state index contributed by atoms with van der Waals surface area (Å²) in [5.74, 6) is -2.29. The van der Waals surface area contributed by atoms with Gasteiger partial charge in [0.05, 0.1) is 37.5 Å². The normalized spacial score (nSPS) is 18.3. The van der Waals surface area contributed by atoms with E-state index in [2.05, 4.69) is 10.3 Å². The van der Waals surface area contributed by atoms with Crippen LogP contribution in [0.2, 0.25) is 0 Å². The molecular weight excluding hydrogens is 520 g/mol. The van der Waals surface area contributed by atoms with Crippen molar-refractivity contribution in [2.24, 2.45) is 0 Å². The number of anilines is 1. The van der Waals surface area contributed by atoms with Gasteiger partial charge in [-0.3, -0.25) is 14.3 Å². The number of hydrogen-bond donors (Lipinski definition) is 1. The lowest BCUT2D eigenvalue weighted by atomic mass is 10.0. The van der Waals surface area contributed by atoms with E-state index < -0.39 is 28.8 Å². The summed E-state index contributed by atoms with van der Waals surface area (Å²) < 4.78 is 48.0. The number of nitro groups is 1. The van der Waals surface area contributed by atoms with E-state index in [9.17, 15) is 19.7 Å². The van der Waals surface area contributed by atoms with E-state index in [1.807, 2.05) is 0 Å². The van der Waals surface area contributed by atoms with E-state index in [1.54, 1.807) is 24.3 Å². The number of imidazole rings is 1. The number of hydrogen-bond acceptors (Lipinski definition) is 8. The molecule has 39 heavy (non-hydrogen) atoms. The van der Waals surface area contributed by atoms with Crippen molar-refractivity contribution in [1.29, 1.82) is 0 Å². The Labute approximate surface area is 220 Å². The molecular formula is C25H23F2N5O7. The van der Waals surface area contributed by atoms with Crippen molar-refractivity contribution >= 4 is 23.5 Å². The number of fused-ring (bicyclic) bond motifs is 1. The van der Waals surface area contributed by atoms with Crippen LogP contribution in [0, 0.1) is 21.7 Å². The Balaban J connectivity index is 1.22. The number of halogens is 2. The number of amides is 2. The summed E-state index contributed by atoms with van der Waals surface area (Å²) in [6, 6.07) is 8.75. The molecule has 1 N–H and O–H groups in total. The summed E-state index contributed by atoms with van der Waals surface area (Å²) >= 11 is 0.